The lowest BCUT2D eigenvalue weighted by Crippen LogP contribution is -2.18. The highest BCUT2D eigenvalue weighted by Gasteiger charge is 2.06. The number of aromatic nitrogens is 2. The summed E-state index contributed by atoms with van der Waals surface area (Å²) in [5.74, 6) is 0. The van der Waals surface area contributed by atoms with E-state index in [9.17, 15) is 4.79 Å². The summed E-state index contributed by atoms with van der Waals surface area (Å²) >= 11 is 3.21. The lowest BCUT2D eigenvalue weighted by molar-refractivity contribution is 0.688. The van der Waals surface area contributed by atoms with Crippen LogP contribution < -0.4 is 10.9 Å². The van der Waals surface area contributed by atoms with E-state index in [0.717, 1.165) is 18.5 Å². The molecule has 0 aliphatic carbocycles. The van der Waals surface area contributed by atoms with Crippen LogP contribution in [0.3, 0.4) is 0 Å². The van der Waals surface area contributed by atoms with E-state index in [4.69, 9.17) is 0 Å². The van der Waals surface area contributed by atoms with Crippen molar-refractivity contribution >= 4 is 21.6 Å². The zero-order valence-electron chi connectivity index (χ0n) is 8.30. The van der Waals surface area contributed by atoms with E-state index in [0.29, 0.717) is 10.5 Å². The van der Waals surface area contributed by atoms with Gasteiger partial charge in [-0.3, -0.25) is 4.79 Å². The third kappa shape index (κ3) is 2.83. The third-order valence-corrected chi connectivity index (χ3v) is 2.71. The Bertz CT molecular complexity index is 350. The van der Waals surface area contributed by atoms with Crippen molar-refractivity contribution in [3.63, 3.8) is 0 Å². The van der Waals surface area contributed by atoms with Gasteiger partial charge in [0.15, 0.2) is 0 Å². The molecule has 0 saturated heterocycles. The van der Waals surface area contributed by atoms with E-state index in [2.05, 4.69) is 45.3 Å². The third-order valence-electron chi connectivity index (χ3n) is 1.92. The average Bonchev–Trinajstić information content (AvgIpc) is 2.13. The second-order valence-electron chi connectivity index (χ2n) is 3.26. The molecule has 14 heavy (non-hydrogen) atoms. The summed E-state index contributed by atoms with van der Waals surface area (Å²) in [4.78, 5) is 11.2. The van der Waals surface area contributed by atoms with Gasteiger partial charge in [-0.25, -0.2) is 5.10 Å². The van der Waals surface area contributed by atoms with Crippen LogP contribution >= 0.6 is 15.9 Å². The molecule has 5 heteroatoms. The molecule has 0 aliphatic heterocycles. The number of hydrogen-bond donors (Lipinski definition) is 2. The molecule has 0 radical (unpaired) electrons. The molecular weight excluding hydrogens is 246 g/mol. The molecule has 78 valence electrons. The number of nitrogens with one attached hydrogen (secondary N) is 2. The van der Waals surface area contributed by atoms with Crippen LogP contribution in [0.1, 0.15) is 26.7 Å². The summed E-state index contributed by atoms with van der Waals surface area (Å²) < 4.78 is 0.510. The minimum absolute atomic E-state index is 0.210. The standard InChI is InChI=1S/C9H14BrN3O/c1-3-4-6(2)12-7-5-11-13-9(14)8(7)10/h5-6H,3-4H2,1-2H3,(H2,12,13,14). The Labute approximate surface area is 91.2 Å². The van der Waals surface area contributed by atoms with Crippen molar-refractivity contribution in [3.8, 4) is 0 Å². The smallest absolute Gasteiger partial charge is 0.280 e. The van der Waals surface area contributed by atoms with E-state index < -0.39 is 0 Å². The van der Waals surface area contributed by atoms with Crippen molar-refractivity contribution in [1.29, 1.82) is 0 Å². The quantitative estimate of drug-likeness (QED) is 0.871. The van der Waals surface area contributed by atoms with E-state index in [1.165, 1.54) is 0 Å². The average molecular weight is 260 g/mol. The molecular formula is C9H14BrN3O. The first kappa shape index (κ1) is 11.2. The van der Waals surface area contributed by atoms with E-state index >= 15 is 0 Å². The van der Waals surface area contributed by atoms with E-state index in [1.54, 1.807) is 6.20 Å². The molecule has 1 heterocycles. The summed E-state index contributed by atoms with van der Waals surface area (Å²) in [6, 6.07) is 0.347. The number of halogens is 1. The van der Waals surface area contributed by atoms with Gasteiger partial charge in [0.2, 0.25) is 0 Å². The topological polar surface area (TPSA) is 57.8 Å². The summed E-state index contributed by atoms with van der Waals surface area (Å²) in [7, 11) is 0. The molecule has 0 amide bonds. The van der Waals surface area contributed by atoms with E-state index in [1.807, 2.05) is 0 Å². The Morgan fingerprint density at radius 2 is 2.43 bits per heavy atom. The number of nitrogens with zero attached hydrogens (tertiary/aromatic N) is 1. The highest BCUT2D eigenvalue weighted by Crippen LogP contribution is 2.17. The van der Waals surface area contributed by atoms with Crippen LogP contribution in [-0.2, 0) is 0 Å². The first-order valence-electron chi connectivity index (χ1n) is 4.64. The maximum atomic E-state index is 11.2. The fourth-order valence-electron chi connectivity index (χ4n) is 1.25. The van der Waals surface area contributed by atoms with Crippen molar-refractivity contribution in [2.45, 2.75) is 32.7 Å². The number of hydrogen-bond acceptors (Lipinski definition) is 3. The lowest BCUT2D eigenvalue weighted by atomic mass is 10.2. The summed E-state index contributed by atoms with van der Waals surface area (Å²) in [6.45, 7) is 4.21. The SMILES string of the molecule is CCCC(C)Nc1cn[nH]c(=O)c1Br. The summed E-state index contributed by atoms with van der Waals surface area (Å²) in [5.41, 5.74) is 0.536. The largest absolute Gasteiger partial charge is 0.380 e. The monoisotopic (exact) mass is 259 g/mol. The van der Waals surface area contributed by atoms with Crippen LogP contribution in [0.5, 0.6) is 0 Å². The van der Waals surface area contributed by atoms with Gasteiger partial charge in [-0.2, -0.15) is 5.10 Å². The van der Waals surface area contributed by atoms with Gasteiger partial charge in [-0.1, -0.05) is 13.3 Å². The van der Waals surface area contributed by atoms with Gasteiger partial charge in [0.25, 0.3) is 5.56 Å². The molecule has 0 aromatic carbocycles. The lowest BCUT2D eigenvalue weighted by Gasteiger charge is -2.14. The van der Waals surface area contributed by atoms with Crippen molar-refractivity contribution in [1.82, 2.24) is 10.2 Å². The Hall–Kier alpha value is -0.840. The van der Waals surface area contributed by atoms with Gasteiger partial charge in [0, 0.05) is 6.04 Å². The molecule has 0 saturated carbocycles. The number of H-pyrrole nitrogens is 1. The van der Waals surface area contributed by atoms with Crippen LogP contribution in [0.4, 0.5) is 5.69 Å². The molecule has 4 nitrogen and oxygen atoms in total. The number of aromatic amines is 1. The molecule has 0 bridgehead atoms. The Morgan fingerprint density at radius 3 is 3.07 bits per heavy atom. The van der Waals surface area contributed by atoms with Crippen molar-refractivity contribution in [3.05, 3.63) is 21.0 Å². The zero-order valence-corrected chi connectivity index (χ0v) is 9.89. The van der Waals surface area contributed by atoms with Crippen molar-refractivity contribution in [2.24, 2.45) is 0 Å². The van der Waals surface area contributed by atoms with Gasteiger partial charge in [0.05, 0.1) is 11.9 Å². The second-order valence-corrected chi connectivity index (χ2v) is 4.05. The Balaban J connectivity index is 2.76. The van der Waals surface area contributed by atoms with Gasteiger partial charge < -0.3 is 5.32 Å². The molecule has 1 aromatic heterocycles. The fourth-order valence-corrected chi connectivity index (χ4v) is 1.56. The van der Waals surface area contributed by atoms with Crippen LogP contribution in [0.25, 0.3) is 0 Å². The molecule has 1 unspecified atom stereocenters. The maximum absolute atomic E-state index is 11.2. The highest BCUT2D eigenvalue weighted by molar-refractivity contribution is 9.10. The first-order valence-corrected chi connectivity index (χ1v) is 5.44. The molecule has 0 fully saturated rings. The van der Waals surface area contributed by atoms with Crippen molar-refractivity contribution < 1.29 is 0 Å². The fraction of sp³-hybridized carbons (Fsp3) is 0.556. The predicted octanol–water partition coefficient (Wildman–Crippen LogP) is 2.13. The Morgan fingerprint density at radius 1 is 1.71 bits per heavy atom. The summed E-state index contributed by atoms with van der Waals surface area (Å²) in [5, 5.41) is 9.30. The first-order chi connectivity index (χ1) is 6.65. The summed E-state index contributed by atoms with van der Waals surface area (Å²) in [6.07, 6.45) is 3.79. The molecule has 0 aliphatic rings. The predicted molar refractivity (Wildman–Crippen MR) is 60.6 cm³/mol. The second kappa shape index (κ2) is 5.14. The molecule has 0 spiro atoms. The van der Waals surface area contributed by atoms with Gasteiger partial charge >= 0.3 is 0 Å². The minimum Gasteiger partial charge on any atom is -0.380 e. The zero-order chi connectivity index (χ0) is 10.6. The molecule has 1 atom stereocenters. The van der Waals surface area contributed by atoms with Crippen LogP contribution in [0, 0.1) is 0 Å². The number of rotatable bonds is 4. The van der Waals surface area contributed by atoms with Gasteiger partial charge in [0.1, 0.15) is 4.47 Å². The Kier molecular flexibility index (Phi) is 4.13. The maximum Gasteiger partial charge on any atom is 0.280 e. The molecule has 1 aromatic rings. The molecule has 1 rings (SSSR count). The van der Waals surface area contributed by atoms with Crippen LogP contribution in [0.15, 0.2) is 15.5 Å². The normalized spacial score (nSPS) is 12.5. The van der Waals surface area contributed by atoms with E-state index in [-0.39, 0.29) is 5.56 Å². The number of anilines is 1. The minimum atomic E-state index is -0.210. The van der Waals surface area contributed by atoms with Gasteiger partial charge in [-0.05, 0) is 29.3 Å². The van der Waals surface area contributed by atoms with Crippen LogP contribution in [0.2, 0.25) is 0 Å². The van der Waals surface area contributed by atoms with Crippen LogP contribution in [-0.4, -0.2) is 16.2 Å². The highest BCUT2D eigenvalue weighted by atomic mass is 79.9. The van der Waals surface area contributed by atoms with Gasteiger partial charge in [-0.15, -0.1) is 0 Å². The van der Waals surface area contributed by atoms with Crippen molar-refractivity contribution in [2.75, 3.05) is 5.32 Å². The molecule has 2 N–H and O–H groups in total.